The molecule has 1 saturated heterocycles. The smallest absolute Gasteiger partial charge is 0.172 e. The molecule has 0 bridgehead atoms. The van der Waals surface area contributed by atoms with Crippen LogP contribution in [0.25, 0.3) is 0 Å². The summed E-state index contributed by atoms with van der Waals surface area (Å²) in [7, 11) is 0. The van der Waals surface area contributed by atoms with Crippen LogP contribution in [0.1, 0.15) is 13.3 Å². The Kier molecular flexibility index (Phi) is 3.03. The number of ether oxygens (including phenoxy) is 1. The molecule has 5 N–H and O–H groups in total. The van der Waals surface area contributed by atoms with E-state index in [0.717, 1.165) is 0 Å². The lowest BCUT2D eigenvalue weighted by Crippen LogP contribution is -2.60. The first-order valence-corrected chi connectivity index (χ1v) is 4.03. The van der Waals surface area contributed by atoms with E-state index in [0.29, 0.717) is 6.42 Å². The highest BCUT2D eigenvalue weighted by Crippen LogP contribution is 2.20. The van der Waals surface area contributed by atoms with E-state index in [-0.39, 0.29) is 0 Å². The molecule has 0 aromatic heterocycles. The molecule has 5 atom stereocenters. The predicted octanol–water partition coefficient (Wildman–Crippen LogP) is -1.84. The molecule has 1 fully saturated rings. The predicted molar refractivity (Wildman–Crippen MR) is 41.2 cm³/mol. The van der Waals surface area contributed by atoms with Crippen molar-refractivity contribution in [3.8, 4) is 0 Å². The molecule has 5 heteroatoms. The molecule has 0 aromatic carbocycles. The van der Waals surface area contributed by atoms with Crippen molar-refractivity contribution in [1.82, 2.24) is 0 Å². The first-order valence-electron chi connectivity index (χ1n) is 4.03. The Labute approximate surface area is 70.8 Å². The second kappa shape index (κ2) is 3.68. The Morgan fingerprint density at radius 3 is 2.33 bits per heavy atom. The monoisotopic (exact) mass is 177 g/mol. The average Bonchev–Trinajstić information content (AvgIpc) is 2.08. The standard InChI is InChI=1S/C7H15NO4/c1-2-3-5(9)6(10)4(8)7(11)12-3/h3-7,9-11H,2,8H2,1H3/t3-,4+,5+,6-,7+/m0/s1. The van der Waals surface area contributed by atoms with Crippen LogP contribution >= 0.6 is 0 Å². The molecule has 12 heavy (non-hydrogen) atoms. The highest BCUT2D eigenvalue weighted by molar-refractivity contribution is 4.90. The largest absolute Gasteiger partial charge is 0.388 e. The SMILES string of the molecule is CC[C@@H]1O[C@@H](O)[C@H](N)[C@H](O)[C@@H]1O. The molecule has 0 aliphatic carbocycles. The van der Waals surface area contributed by atoms with Gasteiger partial charge in [0.25, 0.3) is 0 Å². The Morgan fingerprint density at radius 2 is 1.83 bits per heavy atom. The lowest BCUT2D eigenvalue weighted by molar-refractivity contribution is -0.242. The second-order valence-electron chi connectivity index (χ2n) is 3.03. The maximum atomic E-state index is 9.36. The number of rotatable bonds is 1. The summed E-state index contributed by atoms with van der Waals surface area (Å²) in [6, 6.07) is -0.928. The minimum Gasteiger partial charge on any atom is -0.388 e. The summed E-state index contributed by atoms with van der Waals surface area (Å²) >= 11 is 0. The van der Waals surface area contributed by atoms with E-state index in [1.165, 1.54) is 0 Å². The van der Waals surface area contributed by atoms with Crippen molar-refractivity contribution in [2.24, 2.45) is 5.73 Å². The average molecular weight is 177 g/mol. The van der Waals surface area contributed by atoms with Gasteiger partial charge in [-0.05, 0) is 6.42 Å². The van der Waals surface area contributed by atoms with Gasteiger partial charge in [-0.25, -0.2) is 0 Å². The summed E-state index contributed by atoms with van der Waals surface area (Å²) in [5.41, 5.74) is 5.34. The zero-order valence-corrected chi connectivity index (χ0v) is 6.92. The summed E-state index contributed by atoms with van der Waals surface area (Å²) < 4.78 is 4.95. The van der Waals surface area contributed by atoms with E-state index in [2.05, 4.69) is 0 Å². The summed E-state index contributed by atoms with van der Waals surface area (Å²) in [4.78, 5) is 0. The number of hydrogen-bond acceptors (Lipinski definition) is 5. The van der Waals surface area contributed by atoms with Gasteiger partial charge in [-0.15, -0.1) is 0 Å². The number of nitrogens with two attached hydrogens (primary N) is 1. The van der Waals surface area contributed by atoms with Crippen LogP contribution in [0.15, 0.2) is 0 Å². The summed E-state index contributed by atoms with van der Waals surface area (Å²) in [6.07, 6.45) is -3.31. The Balaban J connectivity index is 2.63. The molecule has 0 amide bonds. The van der Waals surface area contributed by atoms with Gasteiger partial charge in [0.2, 0.25) is 0 Å². The molecule has 0 unspecified atom stereocenters. The van der Waals surface area contributed by atoms with Crippen molar-refractivity contribution in [2.45, 2.75) is 44.0 Å². The van der Waals surface area contributed by atoms with Gasteiger partial charge in [-0.2, -0.15) is 0 Å². The van der Waals surface area contributed by atoms with Gasteiger partial charge in [0, 0.05) is 0 Å². The van der Waals surface area contributed by atoms with Gasteiger partial charge in [-0.3, -0.25) is 0 Å². The molecular weight excluding hydrogens is 162 g/mol. The van der Waals surface area contributed by atoms with Gasteiger partial charge in [0.1, 0.15) is 12.2 Å². The van der Waals surface area contributed by atoms with E-state index in [9.17, 15) is 10.2 Å². The van der Waals surface area contributed by atoms with Crippen LogP contribution in [0.2, 0.25) is 0 Å². The van der Waals surface area contributed by atoms with Crippen LogP contribution in [0.4, 0.5) is 0 Å². The fourth-order valence-corrected chi connectivity index (χ4v) is 1.30. The van der Waals surface area contributed by atoms with E-state index >= 15 is 0 Å². The topological polar surface area (TPSA) is 95.9 Å². The third kappa shape index (κ3) is 1.60. The molecule has 0 saturated carbocycles. The third-order valence-electron chi connectivity index (χ3n) is 2.17. The molecule has 1 aliphatic heterocycles. The van der Waals surface area contributed by atoms with Crippen molar-refractivity contribution in [2.75, 3.05) is 0 Å². The number of hydrogen-bond donors (Lipinski definition) is 4. The van der Waals surface area contributed by atoms with Gasteiger partial charge >= 0.3 is 0 Å². The second-order valence-corrected chi connectivity index (χ2v) is 3.03. The van der Waals surface area contributed by atoms with Gasteiger partial charge in [0.15, 0.2) is 6.29 Å². The quantitative estimate of drug-likeness (QED) is 0.377. The van der Waals surface area contributed by atoms with E-state index in [1.54, 1.807) is 6.92 Å². The Bertz CT molecular complexity index is 150. The fraction of sp³-hybridized carbons (Fsp3) is 1.00. The van der Waals surface area contributed by atoms with Crippen molar-refractivity contribution in [3.63, 3.8) is 0 Å². The van der Waals surface area contributed by atoms with Gasteiger partial charge < -0.3 is 25.8 Å². The van der Waals surface area contributed by atoms with Gasteiger partial charge in [0.05, 0.1) is 12.1 Å². The Hall–Kier alpha value is -0.200. The molecule has 0 radical (unpaired) electrons. The zero-order valence-electron chi connectivity index (χ0n) is 6.92. The third-order valence-corrected chi connectivity index (χ3v) is 2.17. The van der Waals surface area contributed by atoms with Gasteiger partial charge in [-0.1, -0.05) is 6.92 Å². The van der Waals surface area contributed by atoms with E-state index in [4.69, 9.17) is 15.6 Å². The van der Waals surface area contributed by atoms with Crippen LogP contribution < -0.4 is 5.73 Å². The maximum absolute atomic E-state index is 9.36. The molecular formula is C7H15NO4. The molecule has 72 valence electrons. The lowest BCUT2D eigenvalue weighted by atomic mass is 9.96. The fourth-order valence-electron chi connectivity index (χ4n) is 1.30. The Morgan fingerprint density at radius 1 is 1.25 bits per heavy atom. The molecule has 0 spiro atoms. The minimum atomic E-state index is -1.19. The van der Waals surface area contributed by atoms with Crippen LogP contribution in [-0.2, 0) is 4.74 Å². The molecule has 1 aliphatic rings. The summed E-state index contributed by atoms with van der Waals surface area (Å²) in [5, 5.41) is 27.8. The summed E-state index contributed by atoms with van der Waals surface area (Å²) in [5.74, 6) is 0. The van der Waals surface area contributed by atoms with Crippen molar-refractivity contribution in [1.29, 1.82) is 0 Å². The van der Waals surface area contributed by atoms with Crippen molar-refractivity contribution < 1.29 is 20.1 Å². The van der Waals surface area contributed by atoms with Crippen molar-refractivity contribution >= 4 is 0 Å². The molecule has 1 rings (SSSR count). The number of aliphatic hydroxyl groups is 3. The molecule has 0 aromatic rings. The first kappa shape index (κ1) is 9.88. The van der Waals surface area contributed by atoms with Crippen LogP contribution in [0.3, 0.4) is 0 Å². The molecule has 1 heterocycles. The minimum absolute atomic E-state index is 0.530. The van der Waals surface area contributed by atoms with Crippen LogP contribution in [0.5, 0.6) is 0 Å². The number of aliphatic hydroxyl groups excluding tert-OH is 3. The molecule has 5 nitrogen and oxygen atoms in total. The lowest BCUT2D eigenvalue weighted by Gasteiger charge is -2.38. The van der Waals surface area contributed by atoms with Crippen LogP contribution in [0, 0.1) is 0 Å². The van der Waals surface area contributed by atoms with Crippen molar-refractivity contribution in [3.05, 3.63) is 0 Å². The normalized spacial score (nSPS) is 49.2. The summed E-state index contributed by atoms with van der Waals surface area (Å²) in [6.45, 7) is 1.80. The van der Waals surface area contributed by atoms with E-state index < -0.39 is 30.6 Å². The van der Waals surface area contributed by atoms with Crippen LogP contribution in [-0.4, -0.2) is 46.0 Å². The highest BCUT2D eigenvalue weighted by Gasteiger charge is 2.40. The maximum Gasteiger partial charge on any atom is 0.172 e. The first-order chi connectivity index (χ1) is 5.57. The highest BCUT2D eigenvalue weighted by atomic mass is 16.6. The zero-order chi connectivity index (χ0) is 9.30. The van der Waals surface area contributed by atoms with E-state index in [1.807, 2.05) is 0 Å².